The summed E-state index contributed by atoms with van der Waals surface area (Å²) < 4.78 is 5.66. The van der Waals surface area contributed by atoms with Gasteiger partial charge < -0.3 is 9.64 Å². The van der Waals surface area contributed by atoms with E-state index in [4.69, 9.17) is 4.74 Å². The number of nitrogens with zero attached hydrogens (tertiary/aromatic N) is 1. The van der Waals surface area contributed by atoms with Crippen LogP contribution in [0.4, 0.5) is 0 Å². The van der Waals surface area contributed by atoms with Crippen molar-refractivity contribution in [3.05, 3.63) is 0 Å². The molecule has 2 aliphatic heterocycles. The molecule has 1 aliphatic carbocycles. The van der Waals surface area contributed by atoms with Gasteiger partial charge in [-0.1, -0.05) is 19.8 Å². The van der Waals surface area contributed by atoms with Crippen molar-refractivity contribution in [1.82, 2.24) is 10.2 Å². The van der Waals surface area contributed by atoms with Crippen LogP contribution in [0.3, 0.4) is 0 Å². The molecule has 4 atom stereocenters. The fraction of sp³-hybridized carbons (Fsp3) is 0.938. The van der Waals surface area contributed by atoms with Gasteiger partial charge in [-0.05, 0) is 44.9 Å². The number of hydrogen-bond donors (Lipinski definition) is 1. The smallest absolute Gasteiger partial charge is 0.241 e. The number of rotatable bonds is 3. The van der Waals surface area contributed by atoms with Crippen LogP contribution < -0.4 is 5.32 Å². The third-order valence-electron chi connectivity index (χ3n) is 5.33. The fourth-order valence-corrected chi connectivity index (χ4v) is 4.24. The van der Waals surface area contributed by atoms with Crippen molar-refractivity contribution < 1.29 is 9.53 Å². The molecule has 1 N–H and O–H groups in total. The molecule has 0 aromatic rings. The van der Waals surface area contributed by atoms with Crippen LogP contribution in [0, 0.1) is 5.92 Å². The molecule has 3 rings (SSSR count). The van der Waals surface area contributed by atoms with Gasteiger partial charge in [-0.2, -0.15) is 0 Å². The van der Waals surface area contributed by atoms with Gasteiger partial charge in [0.2, 0.25) is 5.91 Å². The van der Waals surface area contributed by atoms with E-state index < -0.39 is 0 Å². The standard InChI is InChI=1S/C16H28N2O2/c1-3-14-16(19)18(13-8-9-20-11(2)10-13)15(17-14)12-6-4-5-7-12/h11-15,17H,3-10H2,1-2H3. The molecule has 1 amide bonds. The maximum Gasteiger partial charge on any atom is 0.241 e. The highest BCUT2D eigenvalue weighted by Gasteiger charge is 2.46. The van der Waals surface area contributed by atoms with Gasteiger partial charge in [0.05, 0.1) is 18.3 Å². The summed E-state index contributed by atoms with van der Waals surface area (Å²) in [7, 11) is 0. The van der Waals surface area contributed by atoms with Crippen molar-refractivity contribution in [2.75, 3.05) is 6.61 Å². The summed E-state index contributed by atoms with van der Waals surface area (Å²) in [5, 5.41) is 3.63. The Morgan fingerprint density at radius 2 is 2.05 bits per heavy atom. The number of carbonyl (C=O) groups is 1. The lowest BCUT2D eigenvalue weighted by Gasteiger charge is -2.39. The molecule has 0 aromatic heterocycles. The quantitative estimate of drug-likeness (QED) is 0.862. The van der Waals surface area contributed by atoms with Crippen LogP contribution in [0.15, 0.2) is 0 Å². The second-order valence-corrected chi connectivity index (χ2v) is 6.72. The average molecular weight is 280 g/mol. The number of amides is 1. The van der Waals surface area contributed by atoms with Gasteiger partial charge in [0.15, 0.2) is 0 Å². The zero-order valence-electron chi connectivity index (χ0n) is 12.8. The zero-order chi connectivity index (χ0) is 14.1. The molecular formula is C16H28N2O2. The van der Waals surface area contributed by atoms with Crippen LogP contribution >= 0.6 is 0 Å². The van der Waals surface area contributed by atoms with Crippen molar-refractivity contribution in [2.45, 2.75) is 83.1 Å². The first-order valence-electron chi connectivity index (χ1n) is 8.40. The van der Waals surface area contributed by atoms with Gasteiger partial charge in [0.25, 0.3) is 0 Å². The number of nitrogens with one attached hydrogen (secondary N) is 1. The molecule has 0 spiro atoms. The Balaban J connectivity index is 1.77. The van der Waals surface area contributed by atoms with Crippen LogP contribution in [-0.4, -0.2) is 41.8 Å². The maximum atomic E-state index is 12.7. The molecule has 114 valence electrons. The molecule has 2 heterocycles. The second kappa shape index (κ2) is 6.02. The normalized spacial score (nSPS) is 39.7. The minimum atomic E-state index is 0.0405. The third-order valence-corrected chi connectivity index (χ3v) is 5.33. The van der Waals surface area contributed by atoms with Crippen LogP contribution in [0.1, 0.15) is 58.8 Å². The molecule has 4 nitrogen and oxygen atoms in total. The zero-order valence-corrected chi connectivity index (χ0v) is 12.8. The Morgan fingerprint density at radius 3 is 2.70 bits per heavy atom. The summed E-state index contributed by atoms with van der Waals surface area (Å²) in [5.41, 5.74) is 0. The monoisotopic (exact) mass is 280 g/mol. The van der Waals surface area contributed by atoms with Gasteiger partial charge in [0, 0.05) is 12.6 Å². The molecule has 0 radical (unpaired) electrons. The van der Waals surface area contributed by atoms with E-state index in [2.05, 4.69) is 24.1 Å². The summed E-state index contributed by atoms with van der Waals surface area (Å²) >= 11 is 0. The van der Waals surface area contributed by atoms with E-state index in [-0.39, 0.29) is 18.3 Å². The Hall–Kier alpha value is -0.610. The predicted octanol–water partition coefficient (Wildman–Crippen LogP) is 2.28. The summed E-state index contributed by atoms with van der Waals surface area (Å²) in [4.78, 5) is 14.9. The molecule has 4 unspecified atom stereocenters. The maximum absolute atomic E-state index is 12.7. The lowest BCUT2D eigenvalue weighted by molar-refractivity contribution is -0.136. The molecular weight excluding hydrogens is 252 g/mol. The Labute approximate surface area is 122 Å². The minimum absolute atomic E-state index is 0.0405. The van der Waals surface area contributed by atoms with E-state index in [1.807, 2.05) is 0 Å². The first-order valence-corrected chi connectivity index (χ1v) is 8.40. The van der Waals surface area contributed by atoms with Crippen molar-refractivity contribution in [3.8, 4) is 0 Å². The Morgan fingerprint density at radius 1 is 1.30 bits per heavy atom. The average Bonchev–Trinajstić information content (AvgIpc) is 3.05. The molecule has 0 aromatic carbocycles. The summed E-state index contributed by atoms with van der Waals surface area (Å²) in [5.74, 6) is 0.997. The topological polar surface area (TPSA) is 41.6 Å². The lowest BCUT2D eigenvalue weighted by atomic mass is 9.98. The van der Waals surface area contributed by atoms with E-state index in [1.165, 1.54) is 25.7 Å². The van der Waals surface area contributed by atoms with E-state index in [0.717, 1.165) is 25.9 Å². The van der Waals surface area contributed by atoms with Crippen LogP contribution in [0.2, 0.25) is 0 Å². The number of carbonyl (C=O) groups excluding carboxylic acids is 1. The SMILES string of the molecule is CCC1NC(C2CCCC2)N(C2CCOC(C)C2)C1=O. The van der Waals surface area contributed by atoms with Crippen LogP contribution in [0.25, 0.3) is 0 Å². The van der Waals surface area contributed by atoms with Crippen molar-refractivity contribution in [2.24, 2.45) is 5.92 Å². The van der Waals surface area contributed by atoms with Gasteiger partial charge in [-0.25, -0.2) is 0 Å². The Bertz CT molecular complexity index is 354. The van der Waals surface area contributed by atoms with Crippen molar-refractivity contribution in [1.29, 1.82) is 0 Å². The first kappa shape index (κ1) is 14.3. The van der Waals surface area contributed by atoms with E-state index in [1.54, 1.807) is 0 Å². The van der Waals surface area contributed by atoms with Crippen LogP contribution in [-0.2, 0) is 9.53 Å². The molecule has 2 saturated heterocycles. The third kappa shape index (κ3) is 2.60. The van der Waals surface area contributed by atoms with Crippen molar-refractivity contribution in [3.63, 3.8) is 0 Å². The first-order chi connectivity index (χ1) is 9.70. The predicted molar refractivity (Wildman–Crippen MR) is 78.2 cm³/mol. The molecule has 3 fully saturated rings. The molecule has 4 heteroatoms. The van der Waals surface area contributed by atoms with E-state index >= 15 is 0 Å². The Kier molecular flexibility index (Phi) is 4.32. The summed E-state index contributed by atoms with van der Waals surface area (Å²) in [6.07, 6.45) is 8.66. The van der Waals surface area contributed by atoms with Gasteiger partial charge in [0.1, 0.15) is 0 Å². The summed E-state index contributed by atoms with van der Waals surface area (Å²) in [6.45, 7) is 5.03. The molecule has 1 saturated carbocycles. The largest absolute Gasteiger partial charge is 0.378 e. The second-order valence-electron chi connectivity index (χ2n) is 6.72. The van der Waals surface area contributed by atoms with Gasteiger partial charge in [-0.3, -0.25) is 10.1 Å². The summed E-state index contributed by atoms with van der Waals surface area (Å²) in [6, 6.07) is 0.416. The molecule has 20 heavy (non-hydrogen) atoms. The van der Waals surface area contributed by atoms with Crippen LogP contribution in [0.5, 0.6) is 0 Å². The lowest BCUT2D eigenvalue weighted by Crippen LogP contribution is -2.50. The minimum Gasteiger partial charge on any atom is -0.378 e. The van der Waals surface area contributed by atoms with E-state index in [9.17, 15) is 4.79 Å². The van der Waals surface area contributed by atoms with Gasteiger partial charge >= 0.3 is 0 Å². The van der Waals surface area contributed by atoms with Gasteiger partial charge in [-0.15, -0.1) is 0 Å². The number of ether oxygens (including phenoxy) is 1. The fourth-order valence-electron chi connectivity index (χ4n) is 4.24. The molecule has 3 aliphatic rings. The molecule has 0 bridgehead atoms. The number of hydrogen-bond acceptors (Lipinski definition) is 3. The highest BCUT2D eigenvalue weighted by atomic mass is 16.5. The highest BCUT2D eigenvalue weighted by Crippen LogP contribution is 2.35. The van der Waals surface area contributed by atoms with Crippen molar-refractivity contribution >= 4 is 5.91 Å². The van der Waals surface area contributed by atoms with E-state index in [0.29, 0.717) is 17.9 Å². The highest BCUT2D eigenvalue weighted by molar-refractivity contribution is 5.84.